The molecule has 0 amide bonds. The summed E-state index contributed by atoms with van der Waals surface area (Å²) in [5.41, 5.74) is 0. The molecular weight excluding hydrogens is 144 g/mol. The second kappa shape index (κ2) is 3.93. The lowest BCUT2D eigenvalue weighted by Crippen LogP contribution is -2.14. The van der Waals surface area contributed by atoms with Gasteiger partial charge in [-0.05, 0) is 50.4 Å². The van der Waals surface area contributed by atoms with Crippen LogP contribution in [0.2, 0.25) is 0 Å². The van der Waals surface area contributed by atoms with Crippen molar-refractivity contribution in [1.82, 2.24) is 0 Å². The van der Waals surface area contributed by atoms with Gasteiger partial charge in [0.15, 0.2) is 0 Å². The maximum absolute atomic E-state index is 2.45. The van der Waals surface area contributed by atoms with Gasteiger partial charge < -0.3 is 0 Å². The summed E-state index contributed by atoms with van der Waals surface area (Å²) >= 11 is 0. The first-order valence-corrected chi connectivity index (χ1v) is 5.30. The molecule has 0 aromatic rings. The number of hydrogen-bond donors (Lipinski definition) is 0. The number of hydrogen-bond acceptors (Lipinski definition) is 0. The van der Waals surface area contributed by atoms with Gasteiger partial charge in [0.05, 0.1) is 0 Å². The van der Waals surface area contributed by atoms with Gasteiger partial charge in [-0.2, -0.15) is 0 Å². The van der Waals surface area contributed by atoms with Crippen molar-refractivity contribution in [3.8, 4) is 0 Å². The van der Waals surface area contributed by atoms with Crippen molar-refractivity contribution in [3.63, 3.8) is 0 Å². The zero-order chi connectivity index (χ0) is 8.23. The van der Waals surface area contributed by atoms with Crippen molar-refractivity contribution in [2.24, 2.45) is 11.8 Å². The fraction of sp³-hybridized carbons (Fsp3) is 0.667. The van der Waals surface area contributed by atoms with Crippen LogP contribution < -0.4 is 0 Å². The average Bonchev–Trinajstić information content (AvgIpc) is 2.21. The van der Waals surface area contributed by atoms with Crippen LogP contribution in [0.15, 0.2) is 24.3 Å². The molecule has 0 aromatic carbocycles. The molecule has 2 atom stereocenters. The molecule has 0 radical (unpaired) electrons. The highest BCUT2D eigenvalue weighted by Crippen LogP contribution is 2.31. The fourth-order valence-electron chi connectivity index (χ4n) is 2.39. The lowest BCUT2D eigenvalue weighted by molar-refractivity contribution is 0.382. The van der Waals surface area contributed by atoms with E-state index >= 15 is 0 Å². The lowest BCUT2D eigenvalue weighted by atomic mass is 9.79. The molecule has 2 aliphatic carbocycles. The van der Waals surface area contributed by atoms with Crippen molar-refractivity contribution in [2.75, 3.05) is 0 Å². The van der Waals surface area contributed by atoms with Gasteiger partial charge in [-0.3, -0.25) is 0 Å². The summed E-state index contributed by atoms with van der Waals surface area (Å²) in [5.74, 6) is 1.74. The molecule has 0 saturated heterocycles. The van der Waals surface area contributed by atoms with Gasteiger partial charge in [0.2, 0.25) is 0 Å². The minimum Gasteiger partial charge on any atom is -0.0882 e. The average molecular weight is 162 g/mol. The van der Waals surface area contributed by atoms with Crippen LogP contribution in [-0.4, -0.2) is 0 Å². The molecule has 0 saturated carbocycles. The summed E-state index contributed by atoms with van der Waals surface area (Å²) in [6, 6.07) is 0. The third-order valence-corrected chi connectivity index (χ3v) is 3.13. The molecule has 0 aromatic heterocycles. The van der Waals surface area contributed by atoms with Gasteiger partial charge in [0.1, 0.15) is 0 Å². The topological polar surface area (TPSA) is 0 Å². The van der Waals surface area contributed by atoms with Crippen LogP contribution in [0.1, 0.15) is 38.5 Å². The summed E-state index contributed by atoms with van der Waals surface area (Å²) < 4.78 is 0. The van der Waals surface area contributed by atoms with Crippen molar-refractivity contribution >= 4 is 0 Å². The molecule has 0 bridgehead atoms. The largest absolute Gasteiger partial charge is 0.0882 e. The first-order valence-electron chi connectivity index (χ1n) is 5.30. The van der Waals surface area contributed by atoms with Crippen LogP contribution in [0, 0.1) is 11.8 Å². The normalized spacial score (nSPS) is 35.3. The molecule has 0 N–H and O–H groups in total. The Bertz CT molecular complexity index is 166. The Balaban J connectivity index is 1.97. The molecule has 2 rings (SSSR count). The van der Waals surface area contributed by atoms with Crippen molar-refractivity contribution in [3.05, 3.63) is 24.3 Å². The van der Waals surface area contributed by atoms with E-state index in [1.165, 1.54) is 38.5 Å². The third-order valence-electron chi connectivity index (χ3n) is 3.13. The van der Waals surface area contributed by atoms with E-state index in [1.807, 2.05) is 0 Å². The van der Waals surface area contributed by atoms with Crippen LogP contribution in [0.4, 0.5) is 0 Å². The highest BCUT2D eigenvalue weighted by molar-refractivity contribution is 5.03. The summed E-state index contributed by atoms with van der Waals surface area (Å²) in [6.45, 7) is 0. The summed E-state index contributed by atoms with van der Waals surface area (Å²) in [6.07, 6.45) is 17.9. The molecule has 0 aliphatic heterocycles. The first kappa shape index (κ1) is 8.10. The molecule has 0 heterocycles. The van der Waals surface area contributed by atoms with E-state index in [0.717, 1.165) is 11.8 Å². The summed E-state index contributed by atoms with van der Waals surface area (Å²) in [5, 5.41) is 0. The molecule has 0 spiro atoms. The minimum atomic E-state index is 0.871. The molecule has 0 unspecified atom stereocenters. The number of rotatable bonds is 1. The van der Waals surface area contributed by atoms with Crippen LogP contribution >= 0.6 is 0 Å². The van der Waals surface area contributed by atoms with Gasteiger partial charge in [-0.15, -0.1) is 0 Å². The smallest absolute Gasteiger partial charge is 0.0170 e. The SMILES string of the molecule is C1=C[C@@H]([C@H]2C=CCCC2)CCC1. The van der Waals surface area contributed by atoms with Gasteiger partial charge in [-0.1, -0.05) is 24.3 Å². The standard InChI is InChI=1S/C12H18/c1-3-7-11(8-4-1)12-9-5-2-6-10-12/h3,5,7,9,11-12H,1-2,4,6,8,10H2/t11-,12+. The minimum absolute atomic E-state index is 0.871. The molecule has 12 heavy (non-hydrogen) atoms. The Hall–Kier alpha value is -0.520. The Morgan fingerprint density at radius 1 is 0.750 bits per heavy atom. The van der Waals surface area contributed by atoms with Gasteiger partial charge >= 0.3 is 0 Å². The maximum Gasteiger partial charge on any atom is -0.0170 e. The van der Waals surface area contributed by atoms with Crippen LogP contribution in [0.3, 0.4) is 0 Å². The molecule has 0 fully saturated rings. The first-order chi connectivity index (χ1) is 5.97. The van der Waals surface area contributed by atoms with E-state index in [0.29, 0.717) is 0 Å². The van der Waals surface area contributed by atoms with E-state index in [-0.39, 0.29) is 0 Å². The third kappa shape index (κ3) is 1.80. The number of allylic oxidation sites excluding steroid dienone is 4. The zero-order valence-electron chi connectivity index (χ0n) is 7.71. The zero-order valence-corrected chi connectivity index (χ0v) is 7.71. The fourth-order valence-corrected chi connectivity index (χ4v) is 2.39. The van der Waals surface area contributed by atoms with Gasteiger partial charge in [0.25, 0.3) is 0 Å². The molecule has 66 valence electrons. The van der Waals surface area contributed by atoms with Crippen LogP contribution in [-0.2, 0) is 0 Å². The van der Waals surface area contributed by atoms with Crippen LogP contribution in [0.25, 0.3) is 0 Å². The van der Waals surface area contributed by atoms with E-state index in [9.17, 15) is 0 Å². The maximum atomic E-state index is 2.45. The molecule has 0 nitrogen and oxygen atoms in total. The predicted molar refractivity (Wildman–Crippen MR) is 53.0 cm³/mol. The van der Waals surface area contributed by atoms with E-state index in [2.05, 4.69) is 24.3 Å². The highest BCUT2D eigenvalue weighted by Gasteiger charge is 2.18. The quantitative estimate of drug-likeness (QED) is 0.516. The Labute approximate surface area is 75.4 Å². The molecular formula is C12H18. The van der Waals surface area contributed by atoms with Crippen LogP contribution in [0.5, 0.6) is 0 Å². The Kier molecular flexibility index (Phi) is 2.65. The lowest BCUT2D eigenvalue weighted by Gasteiger charge is -2.26. The Morgan fingerprint density at radius 2 is 1.25 bits per heavy atom. The van der Waals surface area contributed by atoms with Gasteiger partial charge in [0, 0.05) is 0 Å². The van der Waals surface area contributed by atoms with E-state index in [4.69, 9.17) is 0 Å². The Morgan fingerprint density at radius 3 is 1.58 bits per heavy atom. The van der Waals surface area contributed by atoms with Crippen molar-refractivity contribution in [1.29, 1.82) is 0 Å². The monoisotopic (exact) mass is 162 g/mol. The predicted octanol–water partition coefficient (Wildman–Crippen LogP) is 3.70. The summed E-state index contributed by atoms with van der Waals surface area (Å²) in [4.78, 5) is 0. The summed E-state index contributed by atoms with van der Waals surface area (Å²) in [7, 11) is 0. The second-order valence-corrected chi connectivity index (χ2v) is 4.05. The molecule has 0 heteroatoms. The highest BCUT2D eigenvalue weighted by atomic mass is 14.2. The van der Waals surface area contributed by atoms with E-state index in [1.54, 1.807) is 0 Å². The van der Waals surface area contributed by atoms with Crippen molar-refractivity contribution in [2.45, 2.75) is 38.5 Å². The second-order valence-electron chi connectivity index (χ2n) is 4.05. The molecule has 2 aliphatic rings. The van der Waals surface area contributed by atoms with E-state index < -0.39 is 0 Å². The van der Waals surface area contributed by atoms with Gasteiger partial charge in [-0.25, -0.2) is 0 Å². The van der Waals surface area contributed by atoms with Crippen molar-refractivity contribution < 1.29 is 0 Å².